The highest BCUT2D eigenvalue weighted by Gasteiger charge is 2.33. The van der Waals surface area contributed by atoms with E-state index in [1.165, 1.54) is 0 Å². The number of alkyl halides is 3. The van der Waals surface area contributed by atoms with Gasteiger partial charge in [-0.25, -0.2) is 18.2 Å². The van der Waals surface area contributed by atoms with E-state index in [1.54, 1.807) is 16.7 Å². The highest BCUT2D eigenvalue weighted by atomic mass is 35.5. The Bertz CT molecular complexity index is 979. The van der Waals surface area contributed by atoms with E-state index in [0.29, 0.717) is 38.4 Å². The van der Waals surface area contributed by atoms with Crippen molar-refractivity contribution in [1.82, 2.24) is 9.88 Å². The molecule has 1 unspecified atom stereocenters. The number of nitrogens with one attached hydrogen (secondary N) is 1. The van der Waals surface area contributed by atoms with Gasteiger partial charge in [0.15, 0.2) is 17.5 Å². The van der Waals surface area contributed by atoms with Gasteiger partial charge in [0.05, 0.1) is 22.3 Å². The Morgan fingerprint density at radius 3 is 2.35 bits per heavy atom. The third kappa shape index (κ3) is 5.04. The van der Waals surface area contributed by atoms with Gasteiger partial charge in [0.1, 0.15) is 5.82 Å². The van der Waals surface area contributed by atoms with Crippen LogP contribution in [-0.2, 0) is 11.0 Å². The van der Waals surface area contributed by atoms with Gasteiger partial charge in [-0.1, -0.05) is 11.6 Å². The van der Waals surface area contributed by atoms with E-state index in [-0.39, 0.29) is 10.8 Å². The number of piperazine rings is 1. The van der Waals surface area contributed by atoms with Crippen LogP contribution in [0.2, 0.25) is 5.02 Å². The lowest BCUT2D eigenvalue weighted by Crippen LogP contribution is -2.53. The van der Waals surface area contributed by atoms with E-state index in [2.05, 4.69) is 10.3 Å². The quantitative estimate of drug-likeness (QED) is 0.538. The summed E-state index contributed by atoms with van der Waals surface area (Å²) >= 11 is 5.97. The largest absolute Gasteiger partial charge is 0.417 e. The van der Waals surface area contributed by atoms with Crippen LogP contribution in [-0.4, -0.2) is 48.0 Å². The highest BCUT2D eigenvalue weighted by molar-refractivity contribution is 6.33. The highest BCUT2D eigenvalue weighted by Crippen LogP contribution is 2.33. The van der Waals surface area contributed by atoms with E-state index >= 15 is 0 Å². The average molecular weight is 467 g/mol. The van der Waals surface area contributed by atoms with Crippen LogP contribution in [0.1, 0.15) is 12.5 Å². The number of aromatic nitrogens is 1. The summed E-state index contributed by atoms with van der Waals surface area (Å²) in [5, 5.41) is 2.10. The number of pyridine rings is 1. The maximum absolute atomic E-state index is 13.8. The minimum absolute atomic E-state index is 0.136. The Hall–Kier alpha value is -2.53. The number of hydrogen-bond donors (Lipinski definition) is 1. The van der Waals surface area contributed by atoms with E-state index in [0.717, 1.165) is 12.1 Å². The molecule has 2 heterocycles. The van der Waals surface area contributed by atoms with E-state index < -0.39 is 46.8 Å². The number of benzene rings is 1. The van der Waals surface area contributed by atoms with Crippen molar-refractivity contribution < 1.29 is 31.1 Å². The Morgan fingerprint density at radius 1 is 1.13 bits per heavy atom. The van der Waals surface area contributed by atoms with Crippen molar-refractivity contribution in [1.29, 1.82) is 0 Å². The monoisotopic (exact) mass is 466 g/mol. The van der Waals surface area contributed by atoms with E-state index in [4.69, 9.17) is 11.6 Å². The molecule has 1 aromatic heterocycles. The van der Waals surface area contributed by atoms with Gasteiger partial charge in [-0.3, -0.25) is 9.69 Å². The number of amides is 1. The van der Waals surface area contributed by atoms with Crippen LogP contribution < -0.4 is 10.2 Å². The van der Waals surface area contributed by atoms with Crippen LogP contribution in [0.4, 0.5) is 37.8 Å². The lowest BCUT2D eigenvalue weighted by atomic mass is 10.2. The van der Waals surface area contributed by atoms with Gasteiger partial charge in [-0.2, -0.15) is 13.2 Å². The van der Waals surface area contributed by atoms with Crippen molar-refractivity contribution in [3.05, 3.63) is 52.4 Å². The molecule has 0 aliphatic carbocycles. The third-order valence-electron chi connectivity index (χ3n) is 4.98. The number of nitrogens with zero attached hydrogens (tertiary/aromatic N) is 3. The third-order valence-corrected chi connectivity index (χ3v) is 5.26. The van der Waals surface area contributed by atoms with Crippen molar-refractivity contribution >= 4 is 29.0 Å². The fourth-order valence-electron chi connectivity index (χ4n) is 3.16. The van der Waals surface area contributed by atoms with Gasteiger partial charge in [0.2, 0.25) is 5.91 Å². The van der Waals surface area contributed by atoms with Gasteiger partial charge < -0.3 is 10.2 Å². The fraction of sp³-hybridized carbons (Fsp3) is 0.368. The number of carbonyl (C=O) groups is 1. The van der Waals surface area contributed by atoms with Crippen LogP contribution in [0.15, 0.2) is 24.4 Å². The Balaban J connectivity index is 1.61. The van der Waals surface area contributed by atoms with Crippen LogP contribution in [0.25, 0.3) is 0 Å². The molecule has 2 aromatic rings. The molecular formula is C19H17ClF6N4O. The van der Waals surface area contributed by atoms with Gasteiger partial charge in [-0.15, -0.1) is 0 Å². The summed E-state index contributed by atoms with van der Waals surface area (Å²) < 4.78 is 78.4. The topological polar surface area (TPSA) is 48.5 Å². The summed E-state index contributed by atoms with van der Waals surface area (Å²) in [6.45, 7) is 2.90. The lowest BCUT2D eigenvalue weighted by molar-refractivity contribution is -0.137. The molecule has 1 aliphatic rings. The summed E-state index contributed by atoms with van der Waals surface area (Å²) in [5.41, 5.74) is -1.43. The maximum atomic E-state index is 13.8. The Kier molecular flexibility index (Phi) is 6.65. The molecule has 0 bridgehead atoms. The number of halogens is 7. The average Bonchev–Trinajstić information content (AvgIpc) is 2.73. The zero-order chi connectivity index (χ0) is 22.9. The molecule has 0 saturated carbocycles. The molecule has 12 heteroatoms. The molecule has 5 nitrogen and oxygen atoms in total. The van der Waals surface area contributed by atoms with Crippen LogP contribution in [0.5, 0.6) is 0 Å². The Labute approximate surface area is 178 Å². The van der Waals surface area contributed by atoms with Crippen LogP contribution >= 0.6 is 11.6 Å². The molecule has 1 aromatic carbocycles. The van der Waals surface area contributed by atoms with Crippen LogP contribution in [0.3, 0.4) is 0 Å². The van der Waals surface area contributed by atoms with Gasteiger partial charge in [-0.05, 0) is 25.1 Å². The van der Waals surface area contributed by atoms with Crippen molar-refractivity contribution in [2.24, 2.45) is 0 Å². The second-order valence-corrected chi connectivity index (χ2v) is 7.35. The zero-order valence-corrected chi connectivity index (χ0v) is 16.9. The minimum atomic E-state index is -4.55. The summed E-state index contributed by atoms with van der Waals surface area (Å²) in [6.07, 6.45) is -3.84. The number of rotatable bonds is 4. The summed E-state index contributed by atoms with van der Waals surface area (Å²) in [5.74, 6) is -4.96. The van der Waals surface area contributed by atoms with E-state index in [9.17, 15) is 31.1 Å². The van der Waals surface area contributed by atoms with Crippen molar-refractivity contribution in [3.8, 4) is 0 Å². The first-order valence-corrected chi connectivity index (χ1v) is 9.53. The molecule has 1 aliphatic heterocycles. The first-order valence-electron chi connectivity index (χ1n) is 9.15. The van der Waals surface area contributed by atoms with E-state index in [1.807, 2.05) is 0 Å². The standard InChI is InChI=1S/C19H17ClF6N4O/c1-10(18(31)28-14-3-2-13(21)15(22)16(14)23)29-4-6-30(7-5-29)17-12(20)8-11(9-27-17)19(24,25)26/h2-3,8-10H,4-7H2,1H3,(H,28,31). The molecule has 168 valence electrons. The van der Waals surface area contributed by atoms with Crippen molar-refractivity contribution in [3.63, 3.8) is 0 Å². The minimum Gasteiger partial charge on any atom is -0.353 e. The van der Waals surface area contributed by atoms with Gasteiger partial charge in [0, 0.05) is 32.4 Å². The number of hydrogen-bond acceptors (Lipinski definition) is 4. The SMILES string of the molecule is CC(C(=O)Nc1ccc(F)c(F)c1F)N1CCN(c2ncc(C(F)(F)F)cc2Cl)CC1. The molecular weight excluding hydrogens is 450 g/mol. The molecule has 31 heavy (non-hydrogen) atoms. The van der Waals surface area contributed by atoms with Gasteiger partial charge in [0.25, 0.3) is 0 Å². The first kappa shape index (κ1) is 23.1. The molecule has 3 rings (SSSR count). The number of carbonyl (C=O) groups excluding carboxylic acids is 1. The molecule has 1 fully saturated rings. The second kappa shape index (κ2) is 8.91. The smallest absolute Gasteiger partial charge is 0.353 e. The first-order chi connectivity index (χ1) is 14.5. The molecule has 1 saturated heterocycles. The Morgan fingerprint density at radius 2 is 1.77 bits per heavy atom. The van der Waals surface area contributed by atoms with Crippen LogP contribution in [0, 0.1) is 17.5 Å². The molecule has 0 spiro atoms. The summed E-state index contributed by atoms with van der Waals surface area (Å²) in [6, 6.07) is 1.71. The normalized spacial score (nSPS) is 16.3. The second-order valence-electron chi connectivity index (χ2n) is 6.94. The predicted molar refractivity (Wildman–Crippen MR) is 102 cm³/mol. The maximum Gasteiger partial charge on any atom is 0.417 e. The number of anilines is 2. The molecule has 1 atom stereocenters. The van der Waals surface area contributed by atoms with Gasteiger partial charge >= 0.3 is 6.18 Å². The van der Waals surface area contributed by atoms with Crippen molar-refractivity contribution in [2.75, 3.05) is 36.4 Å². The predicted octanol–water partition coefficient (Wildman–Crippen LogP) is 4.32. The van der Waals surface area contributed by atoms with Crippen molar-refractivity contribution in [2.45, 2.75) is 19.1 Å². The molecule has 1 amide bonds. The molecule has 0 radical (unpaired) electrons. The summed E-state index contributed by atoms with van der Waals surface area (Å²) in [4.78, 5) is 19.7. The lowest BCUT2D eigenvalue weighted by Gasteiger charge is -2.38. The fourth-order valence-corrected chi connectivity index (χ4v) is 3.45. The zero-order valence-electron chi connectivity index (χ0n) is 16.1. The summed E-state index contributed by atoms with van der Waals surface area (Å²) in [7, 11) is 0. The molecule has 1 N–H and O–H groups in total.